The van der Waals surface area contributed by atoms with Crippen LogP contribution in [0.5, 0.6) is 5.75 Å². The van der Waals surface area contributed by atoms with E-state index >= 15 is 0 Å². The van der Waals surface area contributed by atoms with Gasteiger partial charge in [0.15, 0.2) is 0 Å². The summed E-state index contributed by atoms with van der Waals surface area (Å²) in [5, 5.41) is 3.34. The summed E-state index contributed by atoms with van der Waals surface area (Å²) in [7, 11) is 0. The highest BCUT2D eigenvalue weighted by Crippen LogP contribution is 2.22. The fraction of sp³-hybridized carbons (Fsp3) is 0.533. The summed E-state index contributed by atoms with van der Waals surface area (Å²) in [5.74, 6) is 0.518. The molecule has 1 rings (SSSR count). The molecule has 1 amide bonds. The van der Waals surface area contributed by atoms with E-state index in [4.69, 9.17) is 10.5 Å². The Labute approximate surface area is 115 Å². The fourth-order valence-corrected chi connectivity index (χ4v) is 1.90. The number of ether oxygens (including phenoxy) is 1. The number of benzene rings is 1. The number of carbonyl (C=O) groups is 1. The average Bonchev–Trinajstić information content (AvgIpc) is 2.33. The second-order valence-electron chi connectivity index (χ2n) is 4.92. The van der Waals surface area contributed by atoms with Crippen molar-refractivity contribution in [2.45, 2.75) is 45.8 Å². The van der Waals surface area contributed by atoms with E-state index in [1.807, 2.05) is 38.1 Å². The van der Waals surface area contributed by atoms with Gasteiger partial charge >= 0.3 is 0 Å². The van der Waals surface area contributed by atoms with E-state index in [1.54, 1.807) is 0 Å². The van der Waals surface area contributed by atoms with Crippen LogP contribution in [0.4, 0.5) is 0 Å². The van der Waals surface area contributed by atoms with Crippen LogP contribution in [0.1, 0.15) is 45.2 Å². The second-order valence-corrected chi connectivity index (χ2v) is 4.92. The molecular formula is C15H24N2O2. The highest BCUT2D eigenvalue weighted by atomic mass is 16.5. The molecule has 0 heterocycles. The van der Waals surface area contributed by atoms with Crippen molar-refractivity contribution in [3.05, 3.63) is 29.8 Å². The predicted molar refractivity (Wildman–Crippen MR) is 77.1 cm³/mol. The van der Waals surface area contributed by atoms with Gasteiger partial charge in [-0.1, -0.05) is 19.1 Å². The Bertz CT molecular complexity index is 405. The quantitative estimate of drug-likeness (QED) is 0.757. The zero-order chi connectivity index (χ0) is 14.3. The van der Waals surface area contributed by atoms with Gasteiger partial charge in [-0.2, -0.15) is 0 Å². The molecule has 0 aromatic heterocycles. The van der Waals surface area contributed by atoms with Crippen molar-refractivity contribution in [3.8, 4) is 5.75 Å². The zero-order valence-electron chi connectivity index (χ0n) is 12.0. The third-order valence-electron chi connectivity index (χ3n) is 2.68. The van der Waals surface area contributed by atoms with Crippen LogP contribution >= 0.6 is 0 Å². The molecule has 0 bridgehead atoms. The van der Waals surface area contributed by atoms with E-state index in [-0.39, 0.29) is 18.1 Å². The van der Waals surface area contributed by atoms with Crippen molar-refractivity contribution in [3.63, 3.8) is 0 Å². The summed E-state index contributed by atoms with van der Waals surface area (Å²) in [6.45, 7) is 6.92. The number of amides is 1. The van der Waals surface area contributed by atoms with Crippen LogP contribution in [0.25, 0.3) is 0 Å². The molecular weight excluding hydrogens is 240 g/mol. The summed E-state index contributed by atoms with van der Waals surface area (Å²) in [5.41, 5.74) is 6.34. The summed E-state index contributed by atoms with van der Waals surface area (Å²) >= 11 is 0. The number of hydrogen-bond acceptors (Lipinski definition) is 3. The van der Waals surface area contributed by atoms with Crippen LogP contribution in [0.2, 0.25) is 0 Å². The van der Waals surface area contributed by atoms with Crippen molar-refractivity contribution in [2.24, 2.45) is 5.73 Å². The molecule has 0 aliphatic rings. The van der Waals surface area contributed by atoms with Crippen LogP contribution in [0.3, 0.4) is 0 Å². The van der Waals surface area contributed by atoms with Crippen LogP contribution in [-0.2, 0) is 4.79 Å². The van der Waals surface area contributed by atoms with Gasteiger partial charge in [-0.05, 0) is 44.5 Å². The Morgan fingerprint density at radius 3 is 2.74 bits per heavy atom. The highest BCUT2D eigenvalue weighted by molar-refractivity contribution is 5.74. The van der Waals surface area contributed by atoms with E-state index in [2.05, 4.69) is 12.2 Å². The maximum Gasteiger partial charge on any atom is 0.219 e. The molecule has 0 saturated heterocycles. The number of carbonyl (C=O) groups excluding carboxylic acids is 1. The van der Waals surface area contributed by atoms with Crippen LogP contribution in [0, 0.1) is 0 Å². The Morgan fingerprint density at radius 1 is 1.42 bits per heavy atom. The van der Waals surface area contributed by atoms with Gasteiger partial charge < -0.3 is 15.8 Å². The molecule has 3 N–H and O–H groups in total. The van der Waals surface area contributed by atoms with Gasteiger partial charge in [0.25, 0.3) is 0 Å². The molecule has 1 aromatic rings. The minimum atomic E-state index is -0.302. The first-order valence-electron chi connectivity index (χ1n) is 6.81. The fourth-order valence-electron chi connectivity index (χ4n) is 1.90. The first-order valence-corrected chi connectivity index (χ1v) is 6.81. The molecule has 0 fully saturated rings. The van der Waals surface area contributed by atoms with Crippen molar-refractivity contribution in [2.75, 3.05) is 6.54 Å². The van der Waals surface area contributed by atoms with Crippen molar-refractivity contribution < 1.29 is 9.53 Å². The molecule has 1 atom stereocenters. The van der Waals surface area contributed by atoms with E-state index in [1.165, 1.54) is 0 Å². The van der Waals surface area contributed by atoms with E-state index in [0.29, 0.717) is 6.42 Å². The van der Waals surface area contributed by atoms with Gasteiger partial charge in [0.2, 0.25) is 5.91 Å². The average molecular weight is 264 g/mol. The Hall–Kier alpha value is -1.55. The van der Waals surface area contributed by atoms with Crippen molar-refractivity contribution in [1.82, 2.24) is 5.32 Å². The Kier molecular flexibility index (Phi) is 6.36. The molecule has 1 unspecified atom stereocenters. The highest BCUT2D eigenvalue weighted by Gasteiger charge is 2.14. The smallest absolute Gasteiger partial charge is 0.219 e. The van der Waals surface area contributed by atoms with Crippen LogP contribution < -0.4 is 15.8 Å². The van der Waals surface area contributed by atoms with E-state index < -0.39 is 0 Å². The predicted octanol–water partition coefficient (Wildman–Crippen LogP) is 2.39. The summed E-state index contributed by atoms with van der Waals surface area (Å²) < 4.78 is 5.67. The monoisotopic (exact) mass is 264 g/mol. The van der Waals surface area contributed by atoms with Gasteiger partial charge in [0, 0.05) is 12.5 Å². The molecule has 4 heteroatoms. The normalized spacial score (nSPS) is 12.4. The molecule has 0 spiro atoms. The molecule has 0 saturated carbocycles. The molecule has 0 aliphatic heterocycles. The van der Waals surface area contributed by atoms with Crippen LogP contribution in [0.15, 0.2) is 24.3 Å². The lowest BCUT2D eigenvalue weighted by molar-refractivity contribution is -0.118. The number of rotatable bonds is 8. The van der Waals surface area contributed by atoms with Crippen LogP contribution in [-0.4, -0.2) is 18.6 Å². The summed E-state index contributed by atoms with van der Waals surface area (Å²) in [6, 6.07) is 7.77. The SMILES string of the molecule is CCCNC(CC(N)=O)c1cccc(OC(C)C)c1. The van der Waals surface area contributed by atoms with Gasteiger partial charge in [-0.3, -0.25) is 4.79 Å². The molecule has 0 aliphatic carbocycles. The third-order valence-corrected chi connectivity index (χ3v) is 2.68. The molecule has 4 nitrogen and oxygen atoms in total. The first kappa shape index (κ1) is 15.5. The molecule has 19 heavy (non-hydrogen) atoms. The standard InChI is InChI=1S/C15H24N2O2/c1-4-8-17-14(10-15(16)18)12-6-5-7-13(9-12)19-11(2)3/h5-7,9,11,14,17H,4,8,10H2,1-3H3,(H2,16,18). The number of primary amides is 1. The minimum Gasteiger partial charge on any atom is -0.491 e. The van der Waals surface area contributed by atoms with Gasteiger partial charge in [0.1, 0.15) is 5.75 Å². The van der Waals surface area contributed by atoms with Gasteiger partial charge in [-0.15, -0.1) is 0 Å². The topological polar surface area (TPSA) is 64.3 Å². The molecule has 106 valence electrons. The second kappa shape index (κ2) is 7.79. The first-order chi connectivity index (χ1) is 9.02. The third kappa shape index (κ3) is 5.75. The van der Waals surface area contributed by atoms with E-state index in [9.17, 15) is 4.79 Å². The molecule has 1 aromatic carbocycles. The number of nitrogens with two attached hydrogens (primary N) is 1. The van der Waals surface area contributed by atoms with Crippen molar-refractivity contribution >= 4 is 5.91 Å². The maximum atomic E-state index is 11.2. The lowest BCUT2D eigenvalue weighted by Gasteiger charge is -2.19. The Balaban J connectivity index is 2.84. The largest absolute Gasteiger partial charge is 0.491 e. The van der Waals surface area contributed by atoms with Gasteiger partial charge in [0.05, 0.1) is 6.10 Å². The summed E-state index contributed by atoms with van der Waals surface area (Å²) in [6.07, 6.45) is 1.44. The maximum absolute atomic E-state index is 11.2. The Morgan fingerprint density at radius 2 is 2.16 bits per heavy atom. The minimum absolute atomic E-state index is 0.0480. The lowest BCUT2D eigenvalue weighted by Crippen LogP contribution is -2.27. The van der Waals surface area contributed by atoms with Crippen molar-refractivity contribution in [1.29, 1.82) is 0 Å². The summed E-state index contributed by atoms with van der Waals surface area (Å²) in [4.78, 5) is 11.2. The number of nitrogens with one attached hydrogen (secondary N) is 1. The zero-order valence-corrected chi connectivity index (χ0v) is 12.0. The van der Waals surface area contributed by atoms with E-state index in [0.717, 1.165) is 24.3 Å². The van der Waals surface area contributed by atoms with Gasteiger partial charge in [-0.25, -0.2) is 0 Å². The lowest BCUT2D eigenvalue weighted by atomic mass is 10.0. The molecule has 0 radical (unpaired) electrons. The number of hydrogen-bond donors (Lipinski definition) is 2.